The van der Waals surface area contributed by atoms with Crippen LogP contribution >= 0.6 is 0 Å². The summed E-state index contributed by atoms with van der Waals surface area (Å²) in [5, 5.41) is 9.94. The molecule has 5 nitrogen and oxygen atoms in total. The molecule has 1 aromatic rings. The molecule has 1 saturated carbocycles. The third-order valence-corrected chi connectivity index (χ3v) is 3.59. The van der Waals surface area contributed by atoms with E-state index >= 15 is 0 Å². The van der Waals surface area contributed by atoms with Crippen LogP contribution in [-0.4, -0.2) is 35.1 Å². The molecule has 2 atom stereocenters. The standard InChI is InChI=1S/C13H20N2O3/c1-15(10-4-2-3-5-11(10)16)13(17)12-7-6-9(8-14)18-12/h6-7,10-11,16H,2-5,8,14H2,1H3. The molecule has 1 fully saturated rings. The van der Waals surface area contributed by atoms with Crippen LogP contribution in [0.25, 0.3) is 0 Å². The molecular formula is C13H20N2O3. The summed E-state index contributed by atoms with van der Waals surface area (Å²) in [5.41, 5.74) is 5.45. The Morgan fingerprint density at radius 3 is 2.83 bits per heavy atom. The van der Waals surface area contributed by atoms with E-state index in [1.54, 1.807) is 24.1 Å². The van der Waals surface area contributed by atoms with Crippen molar-refractivity contribution in [3.05, 3.63) is 23.7 Å². The van der Waals surface area contributed by atoms with Crippen LogP contribution in [0, 0.1) is 0 Å². The van der Waals surface area contributed by atoms with Crippen molar-refractivity contribution in [2.45, 2.75) is 44.4 Å². The van der Waals surface area contributed by atoms with Crippen LogP contribution in [-0.2, 0) is 6.54 Å². The summed E-state index contributed by atoms with van der Waals surface area (Å²) in [7, 11) is 1.71. The molecule has 2 rings (SSSR count). The van der Waals surface area contributed by atoms with Gasteiger partial charge in [0.2, 0.25) is 0 Å². The molecule has 100 valence electrons. The average Bonchev–Trinajstić information content (AvgIpc) is 2.86. The first-order chi connectivity index (χ1) is 8.63. The van der Waals surface area contributed by atoms with Gasteiger partial charge in [0.25, 0.3) is 5.91 Å². The maximum atomic E-state index is 12.2. The third-order valence-electron chi connectivity index (χ3n) is 3.59. The summed E-state index contributed by atoms with van der Waals surface area (Å²) in [6.07, 6.45) is 3.24. The number of hydrogen-bond acceptors (Lipinski definition) is 4. The van der Waals surface area contributed by atoms with E-state index in [2.05, 4.69) is 0 Å². The zero-order valence-electron chi connectivity index (χ0n) is 10.6. The fraction of sp³-hybridized carbons (Fsp3) is 0.615. The minimum absolute atomic E-state index is 0.113. The molecule has 1 aromatic heterocycles. The summed E-state index contributed by atoms with van der Waals surface area (Å²) < 4.78 is 5.34. The number of carbonyl (C=O) groups is 1. The van der Waals surface area contributed by atoms with Crippen LogP contribution in [0.5, 0.6) is 0 Å². The zero-order chi connectivity index (χ0) is 13.1. The number of aliphatic hydroxyl groups is 1. The number of likely N-dealkylation sites (N-methyl/N-ethyl adjacent to an activating group) is 1. The van der Waals surface area contributed by atoms with Gasteiger partial charge >= 0.3 is 0 Å². The van der Waals surface area contributed by atoms with Crippen molar-refractivity contribution >= 4 is 5.91 Å². The average molecular weight is 252 g/mol. The quantitative estimate of drug-likeness (QED) is 0.844. The number of hydrogen-bond donors (Lipinski definition) is 2. The molecule has 1 amide bonds. The van der Waals surface area contributed by atoms with Gasteiger partial charge in [-0.15, -0.1) is 0 Å². The molecule has 0 radical (unpaired) electrons. The van der Waals surface area contributed by atoms with Crippen molar-refractivity contribution in [1.82, 2.24) is 4.90 Å². The molecular weight excluding hydrogens is 232 g/mol. The van der Waals surface area contributed by atoms with Crippen molar-refractivity contribution in [1.29, 1.82) is 0 Å². The molecule has 1 aliphatic rings. The van der Waals surface area contributed by atoms with Crippen LogP contribution in [0.3, 0.4) is 0 Å². The summed E-state index contributed by atoms with van der Waals surface area (Å²) in [6, 6.07) is 3.23. The van der Waals surface area contributed by atoms with Crippen LogP contribution in [0.1, 0.15) is 42.0 Å². The maximum absolute atomic E-state index is 12.2. The van der Waals surface area contributed by atoms with Crippen molar-refractivity contribution in [2.24, 2.45) is 5.73 Å². The molecule has 3 N–H and O–H groups in total. The van der Waals surface area contributed by atoms with Crippen molar-refractivity contribution in [2.75, 3.05) is 7.05 Å². The molecule has 1 aliphatic carbocycles. The van der Waals surface area contributed by atoms with Crippen LogP contribution in [0.15, 0.2) is 16.5 Å². The molecule has 5 heteroatoms. The molecule has 18 heavy (non-hydrogen) atoms. The summed E-state index contributed by atoms with van der Waals surface area (Å²) in [4.78, 5) is 13.8. The highest BCUT2D eigenvalue weighted by molar-refractivity contribution is 5.91. The van der Waals surface area contributed by atoms with Crippen LogP contribution < -0.4 is 5.73 Å². The lowest BCUT2D eigenvalue weighted by molar-refractivity contribution is 0.0249. The fourth-order valence-electron chi connectivity index (χ4n) is 2.47. The minimum atomic E-state index is -0.434. The van der Waals surface area contributed by atoms with E-state index in [9.17, 15) is 9.90 Å². The summed E-state index contributed by atoms with van der Waals surface area (Å²) >= 11 is 0. The van der Waals surface area contributed by atoms with Crippen molar-refractivity contribution in [3.8, 4) is 0 Å². The Morgan fingerprint density at radius 2 is 2.22 bits per heavy atom. The zero-order valence-corrected chi connectivity index (χ0v) is 10.6. The highest BCUT2D eigenvalue weighted by Gasteiger charge is 2.30. The lowest BCUT2D eigenvalue weighted by atomic mass is 9.91. The lowest BCUT2D eigenvalue weighted by Crippen LogP contribution is -2.46. The van der Waals surface area contributed by atoms with Gasteiger partial charge in [-0.25, -0.2) is 0 Å². The van der Waals surface area contributed by atoms with Gasteiger partial charge in [0.1, 0.15) is 5.76 Å². The van der Waals surface area contributed by atoms with Crippen molar-refractivity contribution in [3.63, 3.8) is 0 Å². The number of carbonyl (C=O) groups excluding carboxylic acids is 1. The summed E-state index contributed by atoms with van der Waals surface area (Å²) in [6.45, 7) is 0.281. The molecule has 0 saturated heterocycles. The van der Waals surface area contributed by atoms with Gasteiger partial charge in [-0.2, -0.15) is 0 Å². The van der Waals surface area contributed by atoms with E-state index in [-0.39, 0.29) is 24.3 Å². The number of nitrogens with two attached hydrogens (primary N) is 1. The third kappa shape index (κ3) is 2.57. The highest BCUT2D eigenvalue weighted by atomic mass is 16.4. The predicted octanol–water partition coefficient (Wildman–Crippen LogP) is 1.11. The molecule has 0 aliphatic heterocycles. The Hall–Kier alpha value is -1.33. The molecule has 0 spiro atoms. The number of aliphatic hydroxyl groups excluding tert-OH is 1. The Morgan fingerprint density at radius 1 is 1.50 bits per heavy atom. The number of amides is 1. The van der Waals surface area contributed by atoms with E-state index in [0.717, 1.165) is 25.7 Å². The van der Waals surface area contributed by atoms with Gasteiger partial charge in [0.05, 0.1) is 18.7 Å². The number of furan rings is 1. The largest absolute Gasteiger partial charge is 0.455 e. The van der Waals surface area contributed by atoms with Gasteiger partial charge in [-0.05, 0) is 25.0 Å². The lowest BCUT2D eigenvalue weighted by Gasteiger charge is -2.34. The number of nitrogens with zero attached hydrogens (tertiary/aromatic N) is 1. The first-order valence-electron chi connectivity index (χ1n) is 6.37. The SMILES string of the molecule is CN(C(=O)c1ccc(CN)o1)C1CCCCC1O. The minimum Gasteiger partial charge on any atom is -0.455 e. The molecule has 1 heterocycles. The van der Waals surface area contributed by atoms with Gasteiger partial charge in [-0.1, -0.05) is 12.8 Å². The second-order valence-corrected chi connectivity index (χ2v) is 4.81. The van der Waals surface area contributed by atoms with Gasteiger partial charge in [0, 0.05) is 7.05 Å². The Bertz CT molecular complexity index is 416. The van der Waals surface area contributed by atoms with E-state index < -0.39 is 6.10 Å². The molecule has 0 aromatic carbocycles. The van der Waals surface area contributed by atoms with E-state index in [4.69, 9.17) is 10.2 Å². The maximum Gasteiger partial charge on any atom is 0.289 e. The van der Waals surface area contributed by atoms with Gasteiger partial charge in [0.15, 0.2) is 5.76 Å². The van der Waals surface area contributed by atoms with Gasteiger partial charge < -0.3 is 20.2 Å². The van der Waals surface area contributed by atoms with Crippen LogP contribution in [0.4, 0.5) is 0 Å². The van der Waals surface area contributed by atoms with E-state index in [1.807, 2.05) is 0 Å². The Kier molecular flexibility index (Phi) is 4.04. The second-order valence-electron chi connectivity index (χ2n) is 4.81. The van der Waals surface area contributed by atoms with Crippen molar-refractivity contribution < 1.29 is 14.3 Å². The second kappa shape index (κ2) is 5.54. The molecule has 2 unspecified atom stereocenters. The summed E-state index contributed by atoms with van der Waals surface area (Å²) in [5.74, 6) is 0.687. The first-order valence-corrected chi connectivity index (χ1v) is 6.37. The van der Waals surface area contributed by atoms with E-state index in [0.29, 0.717) is 5.76 Å². The highest BCUT2D eigenvalue weighted by Crippen LogP contribution is 2.23. The Balaban J connectivity index is 2.07. The van der Waals surface area contributed by atoms with Gasteiger partial charge in [-0.3, -0.25) is 4.79 Å². The smallest absolute Gasteiger partial charge is 0.289 e. The normalized spacial score (nSPS) is 23.9. The topological polar surface area (TPSA) is 79.7 Å². The molecule has 0 bridgehead atoms. The number of rotatable bonds is 3. The van der Waals surface area contributed by atoms with E-state index in [1.165, 1.54) is 0 Å². The monoisotopic (exact) mass is 252 g/mol. The Labute approximate surface area is 107 Å². The predicted molar refractivity (Wildman–Crippen MR) is 67.0 cm³/mol. The first kappa shape index (κ1) is 13.1. The van der Waals surface area contributed by atoms with Crippen LogP contribution in [0.2, 0.25) is 0 Å². The fourth-order valence-corrected chi connectivity index (χ4v) is 2.47.